The molecule has 6 heteroatoms. The number of hydrogen-bond acceptors (Lipinski definition) is 4. The van der Waals surface area contributed by atoms with Crippen molar-refractivity contribution in [1.29, 1.82) is 0 Å². The van der Waals surface area contributed by atoms with E-state index in [0.717, 1.165) is 23.6 Å². The minimum atomic E-state index is -3.57. The minimum absolute atomic E-state index is 0.386. The molecular weight excluding hydrogens is 242 g/mol. The highest BCUT2D eigenvalue weighted by Gasteiger charge is 2.62. The van der Waals surface area contributed by atoms with Gasteiger partial charge in [0.1, 0.15) is 0 Å². The smallest absolute Gasteiger partial charge is 0.259 e. The topological polar surface area (TPSA) is 74.7 Å². The molecule has 1 saturated carbocycles. The molecule has 2 atom stereocenters. The van der Waals surface area contributed by atoms with Gasteiger partial charge in [-0.2, -0.15) is 0 Å². The molecule has 1 aliphatic carbocycles. The number of carbonyl (C=O) groups excluding carboxylic acids is 1. The van der Waals surface area contributed by atoms with E-state index in [9.17, 15) is 18.3 Å². The highest BCUT2D eigenvalue weighted by Crippen LogP contribution is 2.39. The summed E-state index contributed by atoms with van der Waals surface area (Å²) in [6.07, 6.45) is 3.17. The van der Waals surface area contributed by atoms with Crippen LogP contribution in [0, 0.1) is 0 Å². The Morgan fingerprint density at radius 3 is 2.41 bits per heavy atom. The fraction of sp³-hybridized carbons (Fsp3) is 0.909. The van der Waals surface area contributed by atoms with E-state index in [1.165, 1.54) is 13.8 Å². The number of rotatable bonds is 1. The lowest BCUT2D eigenvalue weighted by molar-refractivity contribution is -0.136. The third kappa shape index (κ3) is 1.69. The summed E-state index contributed by atoms with van der Waals surface area (Å²) in [5, 5.41) is 9.95. The van der Waals surface area contributed by atoms with Crippen LogP contribution in [0.15, 0.2) is 0 Å². The molecule has 2 aliphatic rings. The van der Waals surface area contributed by atoms with Gasteiger partial charge in [-0.25, -0.2) is 12.7 Å². The molecule has 1 N–H and O–H groups in total. The molecular formula is C11H19NO4S. The Balaban J connectivity index is 2.26. The van der Waals surface area contributed by atoms with Crippen LogP contribution in [-0.4, -0.2) is 40.6 Å². The lowest BCUT2D eigenvalue weighted by Crippen LogP contribution is -2.71. The Morgan fingerprint density at radius 2 is 1.82 bits per heavy atom. The molecule has 1 heterocycles. The molecule has 1 amide bonds. The van der Waals surface area contributed by atoms with E-state index >= 15 is 0 Å². The highest BCUT2D eigenvalue weighted by atomic mass is 32.2. The molecule has 2 fully saturated rings. The fourth-order valence-corrected chi connectivity index (χ4v) is 4.29. The first-order valence-electron chi connectivity index (χ1n) is 6.06. The molecule has 0 spiro atoms. The van der Waals surface area contributed by atoms with Gasteiger partial charge < -0.3 is 5.11 Å². The Kier molecular flexibility index (Phi) is 2.98. The molecule has 1 aliphatic heterocycles. The van der Waals surface area contributed by atoms with E-state index in [2.05, 4.69) is 0 Å². The largest absolute Gasteiger partial charge is 0.391 e. The molecule has 0 aromatic carbocycles. The van der Waals surface area contributed by atoms with Gasteiger partial charge in [0, 0.05) is 0 Å². The lowest BCUT2D eigenvalue weighted by atomic mass is 10.0. The molecule has 2 rings (SSSR count). The molecule has 17 heavy (non-hydrogen) atoms. The molecule has 1 saturated heterocycles. The molecule has 2 unspecified atom stereocenters. The predicted octanol–water partition coefficient (Wildman–Crippen LogP) is 0.631. The zero-order valence-electron chi connectivity index (χ0n) is 10.2. The molecule has 0 aromatic heterocycles. The maximum Gasteiger partial charge on any atom is 0.259 e. The van der Waals surface area contributed by atoms with Gasteiger partial charge >= 0.3 is 0 Å². The van der Waals surface area contributed by atoms with Crippen LogP contribution in [0.2, 0.25) is 0 Å². The number of hydrogen-bond donors (Lipinski definition) is 1. The molecule has 0 bridgehead atoms. The van der Waals surface area contributed by atoms with Gasteiger partial charge in [0.05, 0.1) is 12.1 Å². The molecule has 0 aromatic rings. The van der Waals surface area contributed by atoms with E-state index in [1.807, 2.05) is 0 Å². The van der Waals surface area contributed by atoms with Gasteiger partial charge in [-0.1, -0.05) is 19.3 Å². The Labute approximate surface area is 102 Å². The Morgan fingerprint density at radius 1 is 1.24 bits per heavy atom. The second-order valence-corrected chi connectivity index (χ2v) is 7.75. The summed E-state index contributed by atoms with van der Waals surface area (Å²) in [5.74, 6) is -0.386. The number of carbonyl (C=O) groups is 1. The summed E-state index contributed by atoms with van der Waals surface area (Å²) in [6, 6.07) is -0.553. The third-order valence-corrected chi connectivity index (χ3v) is 6.28. The lowest BCUT2D eigenvalue weighted by Gasteiger charge is -2.48. The van der Waals surface area contributed by atoms with Gasteiger partial charge in [0.2, 0.25) is 0 Å². The second kappa shape index (κ2) is 3.95. The first-order valence-corrected chi connectivity index (χ1v) is 7.50. The maximum atomic E-state index is 12.0. The van der Waals surface area contributed by atoms with Crippen molar-refractivity contribution in [2.24, 2.45) is 0 Å². The van der Waals surface area contributed by atoms with Gasteiger partial charge in [0.15, 0.2) is 4.75 Å². The van der Waals surface area contributed by atoms with Crippen LogP contribution in [0.5, 0.6) is 0 Å². The SMILES string of the molecule is CC1(C)C(=O)N(C2CCCCCC2O)S1(=O)=O. The van der Waals surface area contributed by atoms with Crippen molar-refractivity contribution in [3.05, 3.63) is 0 Å². The summed E-state index contributed by atoms with van der Waals surface area (Å²) in [6.45, 7) is 2.84. The number of aliphatic hydroxyl groups excluding tert-OH is 1. The van der Waals surface area contributed by atoms with Gasteiger partial charge in [0.25, 0.3) is 15.9 Å². The van der Waals surface area contributed by atoms with Gasteiger partial charge in [-0.05, 0) is 26.7 Å². The zero-order chi connectivity index (χ0) is 12.8. The van der Waals surface area contributed by atoms with Crippen molar-refractivity contribution in [3.8, 4) is 0 Å². The molecule has 5 nitrogen and oxygen atoms in total. The van der Waals surface area contributed by atoms with Crippen LogP contribution in [0.1, 0.15) is 46.0 Å². The standard InChI is InChI=1S/C11H19NO4S/c1-11(2)10(14)12(17(11,15)16)8-6-4-3-5-7-9(8)13/h8-9,13H,3-7H2,1-2H3. The van der Waals surface area contributed by atoms with Crippen molar-refractivity contribution >= 4 is 15.9 Å². The third-order valence-electron chi connectivity index (χ3n) is 3.86. The summed E-state index contributed by atoms with van der Waals surface area (Å²) in [4.78, 5) is 11.9. The monoisotopic (exact) mass is 261 g/mol. The van der Waals surface area contributed by atoms with Gasteiger partial charge in [-0.15, -0.1) is 0 Å². The number of sulfonamides is 1. The molecule has 98 valence electrons. The van der Waals surface area contributed by atoms with E-state index in [-0.39, 0.29) is 5.91 Å². The van der Waals surface area contributed by atoms with Crippen LogP contribution >= 0.6 is 0 Å². The molecule has 0 radical (unpaired) electrons. The average Bonchev–Trinajstić information content (AvgIpc) is 2.44. The fourth-order valence-electron chi connectivity index (χ4n) is 2.56. The normalized spacial score (nSPS) is 36.2. The summed E-state index contributed by atoms with van der Waals surface area (Å²) in [5.41, 5.74) is 0. The van der Waals surface area contributed by atoms with Crippen molar-refractivity contribution in [1.82, 2.24) is 4.31 Å². The number of nitrogens with zero attached hydrogens (tertiary/aromatic N) is 1. The zero-order valence-corrected chi connectivity index (χ0v) is 11.0. The van der Waals surface area contributed by atoms with E-state index in [4.69, 9.17) is 0 Å². The second-order valence-electron chi connectivity index (χ2n) is 5.39. The van der Waals surface area contributed by atoms with E-state index in [0.29, 0.717) is 12.8 Å². The van der Waals surface area contributed by atoms with Crippen molar-refractivity contribution in [2.45, 2.75) is 62.8 Å². The first-order chi connectivity index (χ1) is 7.80. The number of aliphatic hydroxyl groups is 1. The average molecular weight is 261 g/mol. The van der Waals surface area contributed by atoms with E-state index in [1.54, 1.807) is 0 Å². The summed E-state index contributed by atoms with van der Waals surface area (Å²) < 4.78 is 23.7. The van der Waals surface area contributed by atoms with Crippen molar-refractivity contribution < 1.29 is 18.3 Å². The summed E-state index contributed by atoms with van der Waals surface area (Å²) >= 11 is 0. The van der Waals surface area contributed by atoms with Crippen molar-refractivity contribution in [2.75, 3.05) is 0 Å². The first kappa shape index (κ1) is 12.8. The maximum absolute atomic E-state index is 12.0. The van der Waals surface area contributed by atoms with E-state index < -0.39 is 26.9 Å². The van der Waals surface area contributed by atoms with Crippen LogP contribution in [-0.2, 0) is 14.8 Å². The van der Waals surface area contributed by atoms with Crippen LogP contribution in [0.3, 0.4) is 0 Å². The summed E-state index contributed by atoms with van der Waals surface area (Å²) in [7, 11) is -3.57. The highest BCUT2D eigenvalue weighted by molar-refractivity contribution is 7.94. The predicted molar refractivity (Wildman–Crippen MR) is 62.7 cm³/mol. The quantitative estimate of drug-likeness (QED) is 0.703. The van der Waals surface area contributed by atoms with Crippen LogP contribution in [0.25, 0.3) is 0 Å². The van der Waals surface area contributed by atoms with Crippen LogP contribution < -0.4 is 0 Å². The minimum Gasteiger partial charge on any atom is -0.391 e. The Bertz CT molecular complexity index is 429. The van der Waals surface area contributed by atoms with Crippen molar-refractivity contribution in [3.63, 3.8) is 0 Å². The van der Waals surface area contributed by atoms with Gasteiger partial charge in [-0.3, -0.25) is 4.79 Å². The Hall–Kier alpha value is -0.620. The number of amides is 1. The van der Waals surface area contributed by atoms with Crippen LogP contribution in [0.4, 0.5) is 0 Å².